The van der Waals surface area contributed by atoms with Crippen LogP contribution in [0.5, 0.6) is 5.75 Å². The molecule has 0 fully saturated rings. The summed E-state index contributed by atoms with van der Waals surface area (Å²) in [5, 5.41) is 2.81. The SMILES string of the molecule is CC(=O)c1cccc(OCC(=O)Nc2cccc(/C=C/c3ccccn3)c2)c1. The van der Waals surface area contributed by atoms with Crippen molar-refractivity contribution in [1.29, 1.82) is 0 Å². The molecule has 5 heteroatoms. The van der Waals surface area contributed by atoms with E-state index in [2.05, 4.69) is 10.3 Å². The van der Waals surface area contributed by atoms with E-state index < -0.39 is 0 Å². The number of anilines is 1. The third kappa shape index (κ3) is 5.64. The van der Waals surface area contributed by atoms with Crippen LogP contribution in [0, 0.1) is 0 Å². The second-order valence-electron chi connectivity index (χ2n) is 6.13. The van der Waals surface area contributed by atoms with Gasteiger partial charge in [-0.3, -0.25) is 14.6 Å². The van der Waals surface area contributed by atoms with Crippen LogP contribution in [0.2, 0.25) is 0 Å². The van der Waals surface area contributed by atoms with Gasteiger partial charge in [0.05, 0.1) is 5.69 Å². The van der Waals surface area contributed by atoms with Gasteiger partial charge < -0.3 is 10.1 Å². The minimum Gasteiger partial charge on any atom is -0.484 e. The van der Waals surface area contributed by atoms with Gasteiger partial charge in [-0.2, -0.15) is 0 Å². The quantitative estimate of drug-likeness (QED) is 0.621. The Labute approximate surface area is 163 Å². The van der Waals surface area contributed by atoms with E-state index in [1.54, 1.807) is 30.5 Å². The summed E-state index contributed by atoms with van der Waals surface area (Å²) in [6, 6.07) is 20.0. The first-order valence-electron chi connectivity index (χ1n) is 8.83. The summed E-state index contributed by atoms with van der Waals surface area (Å²) < 4.78 is 5.48. The van der Waals surface area contributed by atoms with Crippen molar-refractivity contribution in [2.75, 3.05) is 11.9 Å². The number of pyridine rings is 1. The summed E-state index contributed by atoms with van der Waals surface area (Å²) in [5.41, 5.74) is 3.02. The van der Waals surface area contributed by atoms with Gasteiger partial charge in [-0.15, -0.1) is 0 Å². The predicted molar refractivity (Wildman–Crippen MR) is 110 cm³/mol. The Morgan fingerprint density at radius 1 is 1.00 bits per heavy atom. The first-order valence-corrected chi connectivity index (χ1v) is 8.83. The van der Waals surface area contributed by atoms with Crippen LogP contribution in [-0.4, -0.2) is 23.3 Å². The van der Waals surface area contributed by atoms with Gasteiger partial charge in [-0.25, -0.2) is 0 Å². The zero-order valence-electron chi connectivity index (χ0n) is 15.5. The number of hydrogen-bond donors (Lipinski definition) is 1. The van der Waals surface area contributed by atoms with Gasteiger partial charge in [-0.05, 0) is 55.0 Å². The van der Waals surface area contributed by atoms with Gasteiger partial charge in [0.1, 0.15) is 5.75 Å². The van der Waals surface area contributed by atoms with E-state index in [-0.39, 0.29) is 18.3 Å². The highest BCUT2D eigenvalue weighted by Crippen LogP contribution is 2.15. The lowest BCUT2D eigenvalue weighted by Gasteiger charge is -2.09. The van der Waals surface area contributed by atoms with E-state index in [9.17, 15) is 9.59 Å². The van der Waals surface area contributed by atoms with Crippen molar-refractivity contribution in [3.63, 3.8) is 0 Å². The number of carbonyl (C=O) groups excluding carboxylic acids is 2. The number of nitrogens with zero attached hydrogens (tertiary/aromatic N) is 1. The van der Waals surface area contributed by atoms with E-state index in [0.717, 1.165) is 11.3 Å². The van der Waals surface area contributed by atoms with Crippen molar-refractivity contribution in [1.82, 2.24) is 4.98 Å². The second-order valence-corrected chi connectivity index (χ2v) is 6.13. The molecule has 5 nitrogen and oxygen atoms in total. The molecule has 140 valence electrons. The lowest BCUT2D eigenvalue weighted by Crippen LogP contribution is -2.20. The fourth-order valence-electron chi connectivity index (χ4n) is 2.53. The lowest BCUT2D eigenvalue weighted by atomic mass is 10.1. The van der Waals surface area contributed by atoms with Crippen LogP contribution in [0.1, 0.15) is 28.5 Å². The van der Waals surface area contributed by atoms with Gasteiger partial charge in [-0.1, -0.05) is 36.4 Å². The normalized spacial score (nSPS) is 10.6. The third-order valence-corrected chi connectivity index (χ3v) is 3.92. The highest BCUT2D eigenvalue weighted by atomic mass is 16.5. The molecule has 1 heterocycles. The van der Waals surface area contributed by atoms with Crippen molar-refractivity contribution in [2.45, 2.75) is 6.92 Å². The number of hydrogen-bond acceptors (Lipinski definition) is 4. The molecule has 0 atom stereocenters. The average molecular weight is 372 g/mol. The molecular weight excluding hydrogens is 352 g/mol. The molecule has 0 radical (unpaired) electrons. The fourth-order valence-corrected chi connectivity index (χ4v) is 2.53. The number of ketones is 1. The van der Waals surface area contributed by atoms with E-state index in [1.165, 1.54) is 6.92 Å². The highest BCUT2D eigenvalue weighted by molar-refractivity contribution is 5.94. The van der Waals surface area contributed by atoms with Gasteiger partial charge in [0.25, 0.3) is 5.91 Å². The molecule has 3 rings (SSSR count). The van der Waals surface area contributed by atoms with Gasteiger partial charge in [0, 0.05) is 17.4 Å². The minimum atomic E-state index is -0.279. The van der Waals surface area contributed by atoms with Crippen molar-refractivity contribution < 1.29 is 14.3 Å². The maximum absolute atomic E-state index is 12.2. The van der Waals surface area contributed by atoms with Gasteiger partial charge in [0.15, 0.2) is 12.4 Å². The Balaban J connectivity index is 1.58. The van der Waals surface area contributed by atoms with Crippen molar-refractivity contribution in [3.8, 4) is 5.75 Å². The summed E-state index contributed by atoms with van der Waals surface area (Å²) >= 11 is 0. The molecule has 0 spiro atoms. The Morgan fingerprint density at radius 2 is 1.86 bits per heavy atom. The van der Waals surface area contributed by atoms with Crippen LogP contribution in [0.4, 0.5) is 5.69 Å². The number of rotatable bonds is 7. The summed E-state index contributed by atoms with van der Waals surface area (Å²) in [7, 11) is 0. The number of amides is 1. The number of carbonyl (C=O) groups is 2. The summed E-state index contributed by atoms with van der Waals surface area (Å²) in [5.74, 6) is 0.152. The number of aromatic nitrogens is 1. The highest BCUT2D eigenvalue weighted by Gasteiger charge is 2.06. The molecule has 1 aromatic heterocycles. The first kappa shape index (κ1) is 19.0. The van der Waals surface area contributed by atoms with Crippen molar-refractivity contribution in [3.05, 3.63) is 89.7 Å². The van der Waals surface area contributed by atoms with Crippen LogP contribution >= 0.6 is 0 Å². The molecule has 0 bridgehead atoms. The fraction of sp³-hybridized carbons (Fsp3) is 0.0870. The molecule has 0 saturated carbocycles. The molecule has 2 aromatic carbocycles. The number of benzene rings is 2. The molecule has 0 saturated heterocycles. The number of ether oxygens (including phenoxy) is 1. The molecule has 3 aromatic rings. The zero-order chi connectivity index (χ0) is 19.8. The van der Waals surface area contributed by atoms with Crippen LogP contribution < -0.4 is 10.1 Å². The van der Waals surface area contributed by atoms with E-state index in [0.29, 0.717) is 17.0 Å². The molecule has 0 aliphatic rings. The number of Topliss-reactive ketones (excluding diaryl/α,β-unsaturated/α-hetero) is 1. The summed E-state index contributed by atoms with van der Waals surface area (Å²) in [4.78, 5) is 27.8. The van der Waals surface area contributed by atoms with Crippen molar-refractivity contribution >= 4 is 29.5 Å². The molecule has 0 aliphatic heterocycles. The zero-order valence-corrected chi connectivity index (χ0v) is 15.5. The predicted octanol–water partition coefficient (Wildman–Crippen LogP) is 4.47. The molecule has 0 unspecified atom stereocenters. The molecule has 1 amide bonds. The topological polar surface area (TPSA) is 68.3 Å². The van der Waals surface area contributed by atoms with Crippen LogP contribution in [0.15, 0.2) is 72.9 Å². The van der Waals surface area contributed by atoms with Gasteiger partial charge >= 0.3 is 0 Å². The second kappa shape index (κ2) is 9.28. The van der Waals surface area contributed by atoms with Crippen LogP contribution in [0.3, 0.4) is 0 Å². The van der Waals surface area contributed by atoms with Crippen LogP contribution in [0.25, 0.3) is 12.2 Å². The monoisotopic (exact) mass is 372 g/mol. The van der Waals surface area contributed by atoms with E-state index in [1.807, 2.05) is 54.6 Å². The Kier molecular flexibility index (Phi) is 6.31. The van der Waals surface area contributed by atoms with E-state index in [4.69, 9.17) is 4.74 Å². The Hall–Kier alpha value is -3.73. The van der Waals surface area contributed by atoms with Gasteiger partial charge in [0.2, 0.25) is 0 Å². The van der Waals surface area contributed by atoms with Crippen molar-refractivity contribution in [2.24, 2.45) is 0 Å². The Morgan fingerprint density at radius 3 is 2.64 bits per heavy atom. The van der Waals surface area contributed by atoms with E-state index >= 15 is 0 Å². The molecule has 0 aliphatic carbocycles. The molecular formula is C23H20N2O3. The summed E-state index contributed by atoms with van der Waals surface area (Å²) in [6.45, 7) is 1.34. The molecule has 28 heavy (non-hydrogen) atoms. The maximum Gasteiger partial charge on any atom is 0.262 e. The van der Waals surface area contributed by atoms with Crippen LogP contribution in [-0.2, 0) is 4.79 Å². The maximum atomic E-state index is 12.2. The largest absolute Gasteiger partial charge is 0.484 e. The average Bonchev–Trinajstić information content (AvgIpc) is 2.72. The summed E-state index contributed by atoms with van der Waals surface area (Å²) in [6.07, 6.45) is 5.58. The molecule has 1 N–H and O–H groups in total. The Bertz CT molecular complexity index is 997. The number of nitrogens with one attached hydrogen (secondary N) is 1. The minimum absolute atomic E-state index is 0.0505. The lowest BCUT2D eigenvalue weighted by molar-refractivity contribution is -0.118. The third-order valence-electron chi connectivity index (χ3n) is 3.92. The smallest absolute Gasteiger partial charge is 0.262 e. The standard InChI is InChI=1S/C23H20N2O3/c1-17(26)19-7-5-10-22(15-19)28-16-23(27)25-21-9-4-6-18(14-21)11-12-20-8-2-3-13-24-20/h2-15H,16H2,1H3,(H,25,27)/b12-11+. The first-order chi connectivity index (χ1) is 13.6.